The Hall–Kier alpha value is -2.10. The number of rotatable bonds is 9. The first-order valence-electron chi connectivity index (χ1n) is 5.09. The molecule has 0 aromatic rings. The van der Waals surface area contributed by atoms with E-state index in [-0.39, 0.29) is 13.2 Å². The van der Waals surface area contributed by atoms with Gasteiger partial charge in [0, 0.05) is 6.54 Å². The molecule has 104 valence electrons. The minimum Gasteiger partial charge on any atom is -0.480 e. The fraction of sp³-hybridized carbons (Fsp3) is 0.750. The van der Waals surface area contributed by atoms with E-state index in [2.05, 4.69) is 14.9 Å². The van der Waals surface area contributed by atoms with Crippen LogP contribution in [0.3, 0.4) is 0 Å². The standard InChI is InChI=1S/C8H15N3O7/c9-6(7(12)13)5-17-8(14)10-3-1-2-4-18-11(15)16/h6H,1-5,9H2,(H,10,14)(H,12,13). The highest BCUT2D eigenvalue weighted by molar-refractivity contribution is 5.74. The van der Waals surface area contributed by atoms with Crippen molar-refractivity contribution < 1.29 is 29.4 Å². The van der Waals surface area contributed by atoms with Gasteiger partial charge in [-0.3, -0.25) is 4.79 Å². The molecule has 0 saturated heterocycles. The summed E-state index contributed by atoms with van der Waals surface area (Å²) in [6.07, 6.45) is 0.0750. The molecule has 18 heavy (non-hydrogen) atoms. The lowest BCUT2D eigenvalue weighted by molar-refractivity contribution is -0.757. The Bertz CT molecular complexity index is 296. The van der Waals surface area contributed by atoms with Gasteiger partial charge in [-0.1, -0.05) is 0 Å². The second kappa shape index (κ2) is 8.98. The molecule has 10 nitrogen and oxygen atoms in total. The number of hydrogen-bond donors (Lipinski definition) is 3. The lowest BCUT2D eigenvalue weighted by Crippen LogP contribution is -2.37. The Morgan fingerprint density at radius 3 is 2.67 bits per heavy atom. The average molecular weight is 265 g/mol. The van der Waals surface area contributed by atoms with Crippen LogP contribution in [0.1, 0.15) is 12.8 Å². The number of hydrogen-bond acceptors (Lipinski definition) is 7. The van der Waals surface area contributed by atoms with E-state index >= 15 is 0 Å². The smallest absolute Gasteiger partial charge is 0.407 e. The van der Waals surface area contributed by atoms with Gasteiger partial charge in [-0.05, 0) is 12.8 Å². The predicted molar refractivity (Wildman–Crippen MR) is 57.1 cm³/mol. The molecule has 10 heteroatoms. The predicted octanol–water partition coefficient (Wildman–Crippen LogP) is -0.887. The van der Waals surface area contributed by atoms with E-state index in [4.69, 9.17) is 10.8 Å². The van der Waals surface area contributed by atoms with Crippen LogP contribution >= 0.6 is 0 Å². The summed E-state index contributed by atoms with van der Waals surface area (Å²) in [5.74, 6) is -1.26. The SMILES string of the molecule is NC(COC(=O)NCCCCO[N+](=O)[O-])C(=O)O. The first kappa shape index (κ1) is 15.9. The Balaban J connectivity index is 3.43. The zero-order valence-electron chi connectivity index (χ0n) is 9.53. The summed E-state index contributed by atoms with van der Waals surface area (Å²) in [6.45, 7) is -0.235. The van der Waals surface area contributed by atoms with Crippen molar-refractivity contribution in [1.82, 2.24) is 5.32 Å². The van der Waals surface area contributed by atoms with Crippen LogP contribution in [0.15, 0.2) is 0 Å². The molecule has 4 N–H and O–H groups in total. The molecule has 0 heterocycles. The molecule has 0 aliphatic rings. The second-order valence-corrected chi connectivity index (χ2v) is 3.23. The van der Waals surface area contributed by atoms with Crippen molar-refractivity contribution in [2.45, 2.75) is 18.9 Å². The number of nitrogens with two attached hydrogens (primary N) is 1. The van der Waals surface area contributed by atoms with Gasteiger partial charge in [0.1, 0.15) is 12.6 Å². The topological polar surface area (TPSA) is 154 Å². The maximum atomic E-state index is 11.0. The zero-order valence-corrected chi connectivity index (χ0v) is 9.53. The van der Waals surface area contributed by atoms with Gasteiger partial charge in [-0.15, -0.1) is 10.1 Å². The molecule has 0 saturated carbocycles. The van der Waals surface area contributed by atoms with Crippen molar-refractivity contribution in [3.05, 3.63) is 10.1 Å². The summed E-state index contributed by atoms with van der Waals surface area (Å²) in [5.41, 5.74) is 5.10. The van der Waals surface area contributed by atoms with Gasteiger partial charge in [0.15, 0.2) is 0 Å². The number of unbranched alkanes of at least 4 members (excludes halogenated alkanes) is 1. The third-order valence-electron chi connectivity index (χ3n) is 1.75. The van der Waals surface area contributed by atoms with E-state index in [1.54, 1.807) is 0 Å². The molecule has 0 radical (unpaired) electrons. The number of nitrogens with zero attached hydrogens (tertiary/aromatic N) is 1. The van der Waals surface area contributed by atoms with Crippen molar-refractivity contribution in [1.29, 1.82) is 0 Å². The largest absolute Gasteiger partial charge is 0.480 e. The van der Waals surface area contributed by atoms with Gasteiger partial charge < -0.3 is 25.7 Å². The molecular formula is C8H15N3O7. The normalized spacial score (nSPS) is 11.4. The molecule has 0 aliphatic heterocycles. The van der Waals surface area contributed by atoms with Gasteiger partial charge in [0.25, 0.3) is 5.09 Å². The summed E-state index contributed by atoms with van der Waals surface area (Å²) in [7, 11) is 0. The summed E-state index contributed by atoms with van der Waals surface area (Å²) < 4.78 is 4.51. The quantitative estimate of drug-likeness (QED) is 0.275. The van der Waals surface area contributed by atoms with Gasteiger partial charge in [0.2, 0.25) is 0 Å². The maximum absolute atomic E-state index is 11.0. The van der Waals surface area contributed by atoms with Crippen molar-refractivity contribution in [2.24, 2.45) is 5.73 Å². The Morgan fingerprint density at radius 1 is 1.44 bits per heavy atom. The van der Waals surface area contributed by atoms with E-state index in [1.807, 2.05) is 0 Å². The summed E-state index contributed by atoms with van der Waals surface area (Å²) >= 11 is 0. The molecule has 1 atom stereocenters. The van der Waals surface area contributed by atoms with Gasteiger partial charge >= 0.3 is 12.1 Å². The highest BCUT2D eigenvalue weighted by atomic mass is 16.9. The van der Waals surface area contributed by atoms with Crippen LogP contribution in [0.5, 0.6) is 0 Å². The molecule has 1 amide bonds. The molecule has 0 rings (SSSR count). The van der Waals surface area contributed by atoms with E-state index in [9.17, 15) is 19.7 Å². The van der Waals surface area contributed by atoms with Gasteiger partial charge in [0.05, 0.1) is 6.61 Å². The van der Waals surface area contributed by atoms with E-state index in [1.165, 1.54) is 0 Å². The summed E-state index contributed by atoms with van der Waals surface area (Å²) in [4.78, 5) is 35.1. The van der Waals surface area contributed by atoms with Crippen LogP contribution in [0.2, 0.25) is 0 Å². The fourth-order valence-electron chi connectivity index (χ4n) is 0.844. The molecule has 0 fully saturated rings. The highest BCUT2D eigenvalue weighted by Gasteiger charge is 2.13. The second-order valence-electron chi connectivity index (χ2n) is 3.23. The fourth-order valence-corrected chi connectivity index (χ4v) is 0.844. The average Bonchev–Trinajstić information content (AvgIpc) is 2.29. The van der Waals surface area contributed by atoms with Crippen molar-refractivity contribution in [2.75, 3.05) is 19.8 Å². The number of carboxylic acids is 1. The summed E-state index contributed by atoms with van der Waals surface area (Å²) in [5, 5.41) is 19.6. The third kappa shape index (κ3) is 9.15. The lowest BCUT2D eigenvalue weighted by atomic mass is 10.3. The number of carboxylic acid groups (broad SMARTS) is 1. The molecular weight excluding hydrogens is 250 g/mol. The Morgan fingerprint density at radius 2 is 2.11 bits per heavy atom. The summed E-state index contributed by atoms with van der Waals surface area (Å²) in [6, 6.07) is -1.26. The monoisotopic (exact) mass is 265 g/mol. The molecule has 0 bridgehead atoms. The van der Waals surface area contributed by atoms with Crippen LogP contribution in [-0.2, 0) is 14.4 Å². The van der Waals surface area contributed by atoms with E-state index in [0.717, 1.165) is 0 Å². The maximum Gasteiger partial charge on any atom is 0.407 e. The van der Waals surface area contributed by atoms with E-state index in [0.29, 0.717) is 12.8 Å². The van der Waals surface area contributed by atoms with Crippen LogP contribution in [-0.4, -0.2) is 48.1 Å². The van der Waals surface area contributed by atoms with Crippen LogP contribution < -0.4 is 11.1 Å². The number of carbonyl (C=O) groups is 2. The number of ether oxygens (including phenoxy) is 1. The number of carbonyl (C=O) groups excluding carboxylic acids is 1. The van der Waals surface area contributed by atoms with Crippen molar-refractivity contribution in [3.63, 3.8) is 0 Å². The first-order chi connectivity index (χ1) is 8.43. The van der Waals surface area contributed by atoms with Gasteiger partial charge in [-0.25, -0.2) is 4.79 Å². The number of amides is 1. The number of nitrogens with one attached hydrogen (secondary N) is 1. The molecule has 1 unspecified atom stereocenters. The zero-order chi connectivity index (χ0) is 14.0. The Kier molecular flexibility index (Phi) is 7.94. The minimum atomic E-state index is -1.26. The van der Waals surface area contributed by atoms with Crippen LogP contribution in [0, 0.1) is 10.1 Å². The van der Waals surface area contributed by atoms with Crippen molar-refractivity contribution in [3.8, 4) is 0 Å². The van der Waals surface area contributed by atoms with Gasteiger partial charge in [-0.2, -0.15) is 0 Å². The van der Waals surface area contributed by atoms with E-state index < -0.39 is 29.8 Å². The molecule has 0 aromatic carbocycles. The molecule has 0 aromatic heterocycles. The molecule has 0 aliphatic carbocycles. The highest BCUT2D eigenvalue weighted by Crippen LogP contribution is 1.90. The minimum absolute atomic E-state index is 0.0480. The number of alkyl carbamates (subject to hydrolysis) is 1. The number of aliphatic carboxylic acids is 1. The Labute approximate surface area is 102 Å². The van der Waals surface area contributed by atoms with Crippen LogP contribution in [0.25, 0.3) is 0 Å². The van der Waals surface area contributed by atoms with Crippen molar-refractivity contribution >= 4 is 12.1 Å². The first-order valence-corrected chi connectivity index (χ1v) is 5.09. The molecule has 0 spiro atoms. The lowest BCUT2D eigenvalue weighted by Gasteiger charge is -2.09. The van der Waals surface area contributed by atoms with Crippen LogP contribution in [0.4, 0.5) is 4.79 Å². The third-order valence-corrected chi connectivity index (χ3v) is 1.75.